The molecule has 1 saturated carbocycles. The molecule has 0 unspecified atom stereocenters. The van der Waals surface area contributed by atoms with Gasteiger partial charge in [0.1, 0.15) is 0 Å². The highest BCUT2D eigenvalue weighted by atomic mass is 16.4. The molecule has 1 N–H and O–H groups in total. The number of carbonyl (C=O) groups excluding carboxylic acids is 2. The van der Waals surface area contributed by atoms with Gasteiger partial charge in [-0.25, -0.2) is 0 Å². The maximum absolute atomic E-state index is 11.4. The molecule has 1 aliphatic rings. The fraction of sp³-hybridized carbons (Fsp3) is 0.692. The Morgan fingerprint density at radius 2 is 1.94 bits per heavy atom. The van der Waals surface area contributed by atoms with Crippen molar-refractivity contribution in [3.05, 3.63) is 12.2 Å². The van der Waals surface area contributed by atoms with Gasteiger partial charge in [0.15, 0.2) is 0 Å². The molecule has 0 saturated heterocycles. The summed E-state index contributed by atoms with van der Waals surface area (Å²) in [5.74, 6) is -1.13. The highest BCUT2D eigenvalue weighted by Crippen LogP contribution is 2.38. The monoisotopic (exact) mass is 238 g/mol. The zero-order chi connectivity index (χ0) is 13.1. The van der Waals surface area contributed by atoms with Crippen molar-refractivity contribution < 1.29 is 14.7 Å². The van der Waals surface area contributed by atoms with E-state index >= 15 is 0 Å². The Morgan fingerprint density at radius 3 is 2.47 bits per heavy atom. The van der Waals surface area contributed by atoms with Gasteiger partial charge in [-0.05, 0) is 36.7 Å². The van der Waals surface area contributed by atoms with Crippen LogP contribution < -0.4 is 10.4 Å². The lowest BCUT2D eigenvalue weighted by atomic mass is 9.70. The van der Waals surface area contributed by atoms with E-state index in [1.165, 1.54) is 0 Å². The summed E-state index contributed by atoms with van der Waals surface area (Å²) in [4.78, 5) is 21.6. The van der Waals surface area contributed by atoms with Crippen molar-refractivity contribution in [1.29, 1.82) is 0 Å². The van der Waals surface area contributed by atoms with Crippen LogP contribution in [0.1, 0.15) is 40.0 Å². The third-order valence-electron chi connectivity index (χ3n) is 3.10. The Kier molecular flexibility index (Phi) is 4.32. The normalized spacial score (nSPS) is 27.9. The van der Waals surface area contributed by atoms with E-state index in [-0.39, 0.29) is 17.4 Å². The SMILES string of the molecule is C[C@@H]1C[C@@H](NC(=O)/C=C/C(=O)[O-])CC(C)(C)C1. The fourth-order valence-corrected chi connectivity index (χ4v) is 2.85. The molecule has 1 rings (SSSR count). The van der Waals surface area contributed by atoms with Crippen molar-refractivity contribution in [1.82, 2.24) is 5.32 Å². The smallest absolute Gasteiger partial charge is 0.244 e. The van der Waals surface area contributed by atoms with Crippen molar-refractivity contribution >= 4 is 11.9 Å². The third-order valence-corrected chi connectivity index (χ3v) is 3.10. The van der Waals surface area contributed by atoms with Crippen molar-refractivity contribution in [2.75, 3.05) is 0 Å². The minimum atomic E-state index is -1.35. The molecule has 96 valence electrons. The summed E-state index contributed by atoms with van der Waals surface area (Å²) in [5.41, 5.74) is 0.230. The molecule has 4 nitrogen and oxygen atoms in total. The molecular weight excluding hydrogens is 218 g/mol. The van der Waals surface area contributed by atoms with Crippen molar-refractivity contribution in [3.63, 3.8) is 0 Å². The minimum absolute atomic E-state index is 0.132. The van der Waals surface area contributed by atoms with Gasteiger partial charge in [0, 0.05) is 12.1 Å². The van der Waals surface area contributed by atoms with Crippen molar-refractivity contribution in [2.45, 2.75) is 46.1 Å². The van der Waals surface area contributed by atoms with E-state index in [0.717, 1.165) is 31.4 Å². The molecule has 2 atom stereocenters. The lowest BCUT2D eigenvalue weighted by molar-refractivity contribution is -0.297. The standard InChI is InChI=1S/C13H21NO3/c1-9-6-10(8-13(2,3)7-9)14-11(15)4-5-12(16)17/h4-5,9-10H,6-8H2,1-3H3,(H,14,15)(H,16,17)/p-1/b5-4+/t9-,10-/m1/s1. The van der Waals surface area contributed by atoms with Crippen molar-refractivity contribution in [3.8, 4) is 0 Å². The maximum Gasteiger partial charge on any atom is 0.244 e. The Labute approximate surface area is 102 Å². The van der Waals surface area contributed by atoms with Gasteiger partial charge >= 0.3 is 0 Å². The summed E-state index contributed by atoms with van der Waals surface area (Å²) < 4.78 is 0. The molecule has 1 fully saturated rings. The van der Waals surface area contributed by atoms with Crippen LogP contribution in [0.4, 0.5) is 0 Å². The van der Waals surface area contributed by atoms with Gasteiger partial charge in [-0.3, -0.25) is 4.79 Å². The predicted molar refractivity (Wildman–Crippen MR) is 62.9 cm³/mol. The first-order chi connectivity index (χ1) is 7.78. The second-order valence-corrected chi connectivity index (χ2v) is 5.77. The van der Waals surface area contributed by atoms with Gasteiger partial charge in [-0.2, -0.15) is 0 Å². The van der Waals surface area contributed by atoms with Crippen LogP contribution in [0.2, 0.25) is 0 Å². The molecule has 0 spiro atoms. The van der Waals surface area contributed by atoms with Crippen LogP contribution in [-0.4, -0.2) is 17.9 Å². The van der Waals surface area contributed by atoms with Crippen LogP contribution in [0, 0.1) is 11.3 Å². The van der Waals surface area contributed by atoms with E-state index < -0.39 is 5.97 Å². The Bertz CT molecular complexity index is 334. The van der Waals surface area contributed by atoms with E-state index in [0.29, 0.717) is 5.92 Å². The molecule has 0 bridgehead atoms. The Hall–Kier alpha value is -1.32. The quantitative estimate of drug-likeness (QED) is 0.733. The number of carboxylic acid groups (broad SMARTS) is 1. The molecule has 17 heavy (non-hydrogen) atoms. The number of hydrogen-bond donors (Lipinski definition) is 1. The lowest BCUT2D eigenvalue weighted by Gasteiger charge is -2.39. The minimum Gasteiger partial charge on any atom is -0.545 e. The summed E-state index contributed by atoms with van der Waals surface area (Å²) in [6.07, 6.45) is 4.82. The number of rotatable bonds is 3. The number of amides is 1. The van der Waals surface area contributed by atoms with Crippen LogP contribution in [0.25, 0.3) is 0 Å². The van der Waals surface area contributed by atoms with Gasteiger partial charge in [-0.1, -0.05) is 20.8 Å². The summed E-state index contributed by atoms with van der Waals surface area (Å²) >= 11 is 0. The average molecular weight is 238 g/mol. The third kappa shape index (κ3) is 5.02. The lowest BCUT2D eigenvalue weighted by Crippen LogP contribution is -2.42. The van der Waals surface area contributed by atoms with E-state index in [1.54, 1.807) is 0 Å². The summed E-state index contributed by atoms with van der Waals surface area (Å²) in [5, 5.41) is 13.0. The van der Waals surface area contributed by atoms with Crippen molar-refractivity contribution in [2.24, 2.45) is 11.3 Å². The Balaban J connectivity index is 2.51. The van der Waals surface area contributed by atoms with Crippen LogP contribution in [0.3, 0.4) is 0 Å². The highest BCUT2D eigenvalue weighted by Gasteiger charge is 2.32. The fourth-order valence-electron chi connectivity index (χ4n) is 2.85. The Morgan fingerprint density at radius 1 is 1.29 bits per heavy atom. The second kappa shape index (κ2) is 5.34. The first-order valence-electron chi connectivity index (χ1n) is 5.98. The molecule has 0 radical (unpaired) electrons. The zero-order valence-electron chi connectivity index (χ0n) is 10.7. The van der Waals surface area contributed by atoms with E-state index in [4.69, 9.17) is 0 Å². The second-order valence-electron chi connectivity index (χ2n) is 5.77. The topological polar surface area (TPSA) is 69.2 Å². The molecule has 1 aliphatic carbocycles. The summed E-state index contributed by atoms with van der Waals surface area (Å²) in [7, 11) is 0. The van der Waals surface area contributed by atoms with Gasteiger partial charge in [0.2, 0.25) is 5.91 Å². The summed E-state index contributed by atoms with van der Waals surface area (Å²) in [6, 6.07) is 0.132. The van der Waals surface area contributed by atoms with E-state index in [1.807, 2.05) is 0 Å². The molecule has 4 heteroatoms. The number of carboxylic acids is 1. The molecule has 0 heterocycles. The van der Waals surface area contributed by atoms with Gasteiger partial charge < -0.3 is 15.2 Å². The van der Waals surface area contributed by atoms with Gasteiger partial charge in [-0.15, -0.1) is 0 Å². The number of nitrogens with one attached hydrogen (secondary N) is 1. The molecular formula is C13H20NO3-. The average Bonchev–Trinajstić information content (AvgIpc) is 2.11. The first kappa shape index (κ1) is 13.7. The maximum atomic E-state index is 11.4. The van der Waals surface area contributed by atoms with E-state index in [2.05, 4.69) is 26.1 Å². The zero-order valence-corrected chi connectivity index (χ0v) is 10.7. The number of hydrogen-bond acceptors (Lipinski definition) is 3. The number of carbonyl (C=O) groups is 2. The van der Waals surface area contributed by atoms with Gasteiger partial charge in [0.25, 0.3) is 0 Å². The number of aliphatic carboxylic acids is 1. The van der Waals surface area contributed by atoms with Gasteiger partial charge in [0.05, 0.1) is 5.97 Å². The van der Waals surface area contributed by atoms with Crippen LogP contribution in [0.5, 0.6) is 0 Å². The predicted octanol–water partition coefficient (Wildman–Crippen LogP) is 0.623. The van der Waals surface area contributed by atoms with Crippen LogP contribution in [0.15, 0.2) is 12.2 Å². The molecule has 1 amide bonds. The first-order valence-corrected chi connectivity index (χ1v) is 5.98. The highest BCUT2D eigenvalue weighted by molar-refractivity contribution is 5.93. The molecule has 0 aliphatic heterocycles. The van der Waals surface area contributed by atoms with Crippen LogP contribution >= 0.6 is 0 Å². The summed E-state index contributed by atoms with van der Waals surface area (Å²) in [6.45, 7) is 6.56. The molecule has 0 aromatic heterocycles. The van der Waals surface area contributed by atoms with E-state index in [9.17, 15) is 14.7 Å². The largest absolute Gasteiger partial charge is 0.545 e. The van der Waals surface area contributed by atoms with Crippen LogP contribution in [-0.2, 0) is 9.59 Å². The molecule has 0 aromatic carbocycles. The molecule has 0 aromatic rings.